The van der Waals surface area contributed by atoms with Crippen molar-refractivity contribution in [1.82, 2.24) is 0 Å². The molecule has 0 spiro atoms. The molecule has 0 amide bonds. The van der Waals surface area contributed by atoms with Crippen molar-refractivity contribution in [3.8, 4) is 0 Å². The monoisotopic (exact) mass is 175 g/mol. The highest BCUT2D eigenvalue weighted by Crippen LogP contribution is 2.19. The minimum absolute atomic E-state index is 0.00644. The van der Waals surface area contributed by atoms with Crippen LogP contribution in [0.5, 0.6) is 0 Å². The van der Waals surface area contributed by atoms with E-state index in [4.69, 9.17) is 0 Å². The second-order valence-corrected chi connectivity index (χ2v) is 2.83. The highest BCUT2D eigenvalue weighted by atomic mass is 16.4. The van der Waals surface area contributed by atoms with E-state index < -0.39 is 5.97 Å². The summed E-state index contributed by atoms with van der Waals surface area (Å²) in [6, 6.07) is 9.41. The SMILES string of the molecule is C=C[C@H](CC(=O)[O-])c1ccccc1. The Morgan fingerprint density at radius 2 is 2.08 bits per heavy atom. The van der Waals surface area contributed by atoms with Crippen molar-refractivity contribution in [1.29, 1.82) is 0 Å². The molecule has 0 radical (unpaired) electrons. The van der Waals surface area contributed by atoms with Gasteiger partial charge in [0, 0.05) is 11.9 Å². The fourth-order valence-electron chi connectivity index (χ4n) is 1.22. The van der Waals surface area contributed by atoms with Crippen molar-refractivity contribution in [3.63, 3.8) is 0 Å². The third-order valence-electron chi connectivity index (χ3n) is 1.90. The zero-order valence-corrected chi connectivity index (χ0v) is 7.27. The summed E-state index contributed by atoms with van der Waals surface area (Å²) in [4.78, 5) is 10.4. The molecule has 0 saturated heterocycles. The van der Waals surface area contributed by atoms with Crippen molar-refractivity contribution < 1.29 is 9.90 Å². The standard InChI is InChI=1S/C11H12O2/c1-2-9(8-11(12)13)10-6-4-3-5-7-10/h2-7,9H,1,8H2,(H,12,13)/p-1/t9-/m1/s1. The second-order valence-electron chi connectivity index (χ2n) is 2.83. The van der Waals surface area contributed by atoms with Crippen molar-refractivity contribution in [2.75, 3.05) is 0 Å². The molecule has 13 heavy (non-hydrogen) atoms. The Hall–Kier alpha value is -1.57. The lowest BCUT2D eigenvalue weighted by Gasteiger charge is -2.12. The van der Waals surface area contributed by atoms with E-state index in [0.717, 1.165) is 5.56 Å². The Kier molecular flexibility index (Phi) is 3.26. The summed E-state index contributed by atoms with van der Waals surface area (Å²) in [6.07, 6.45) is 1.62. The molecule has 0 fully saturated rings. The Morgan fingerprint density at radius 1 is 1.46 bits per heavy atom. The van der Waals surface area contributed by atoms with Gasteiger partial charge < -0.3 is 9.90 Å². The predicted molar refractivity (Wildman–Crippen MR) is 49.0 cm³/mol. The Morgan fingerprint density at radius 3 is 2.54 bits per heavy atom. The molecule has 1 aromatic carbocycles. The molecule has 1 aromatic rings. The van der Waals surface area contributed by atoms with E-state index >= 15 is 0 Å². The average molecular weight is 175 g/mol. The highest BCUT2D eigenvalue weighted by molar-refractivity contribution is 5.66. The normalized spacial score (nSPS) is 12.0. The molecule has 0 saturated carbocycles. The number of aliphatic carboxylic acids is 1. The number of carboxylic acids is 1. The van der Waals surface area contributed by atoms with Gasteiger partial charge in [0.05, 0.1) is 0 Å². The van der Waals surface area contributed by atoms with Gasteiger partial charge in [-0.15, -0.1) is 6.58 Å². The van der Waals surface area contributed by atoms with Gasteiger partial charge in [-0.1, -0.05) is 36.4 Å². The van der Waals surface area contributed by atoms with Gasteiger partial charge in [-0.3, -0.25) is 0 Å². The predicted octanol–water partition coefficient (Wildman–Crippen LogP) is 1.10. The van der Waals surface area contributed by atoms with E-state index in [0.29, 0.717) is 0 Å². The minimum atomic E-state index is -1.05. The minimum Gasteiger partial charge on any atom is -0.550 e. The Balaban J connectivity index is 2.78. The van der Waals surface area contributed by atoms with E-state index in [2.05, 4.69) is 6.58 Å². The van der Waals surface area contributed by atoms with Crippen LogP contribution in [0, 0.1) is 0 Å². The van der Waals surface area contributed by atoms with Gasteiger partial charge in [0.25, 0.3) is 0 Å². The molecule has 0 aliphatic rings. The molecule has 0 aliphatic heterocycles. The van der Waals surface area contributed by atoms with Crippen LogP contribution in [0.3, 0.4) is 0 Å². The van der Waals surface area contributed by atoms with Crippen molar-refractivity contribution in [2.45, 2.75) is 12.3 Å². The summed E-state index contributed by atoms with van der Waals surface area (Å²) >= 11 is 0. The van der Waals surface area contributed by atoms with Gasteiger partial charge in [-0.2, -0.15) is 0 Å². The summed E-state index contributed by atoms with van der Waals surface area (Å²) in [5, 5.41) is 10.4. The first kappa shape index (κ1) is 9.52. The number of hydrogen-bond acceptors (Lipinski definition) is 2. The van der Waals surface area contributed by atoms with Gasteiger partial charge in [0.2, 0.25) is 0 Å². The number of benzene rings is 1. The highest BCUT2D eigenvalue weighted by Gasteiger charge is 2.06. The maximum atomic E-state index is 10.4. The topological polar surface area (TPSA) is 40.1 Å². The van der Waals surface area contributed by atoms with Gasteiger partial charge in [0.15, 0.2) is 0 Å². The van der Waals surface area contributed by atoms with Crippen LogP contribution < -0.4 is 5.11 Å². The number of carbonyl (C=O) groups is 1. The number of allylic oxidation sites excluding steroid dienone is 1. The van der Waals surface area contributed by atoms with Gasteiger partial charge in [0.1, 0.15) is 0 Å². The molecule has 0 aliphatic carbocycles. The van der Waals surface area contributed by atoms with E-state index in [9.17, 15) is 9.90 Å². The van der Waals surface area contributed by atoms with E-state index in [1.54, 1.807) is 6.08 Å². The molecule has 0 N–H and O–H groups in total. The quantitative estimate of drug-likeness (QED) is 0.643. The molecule has 0 unspecified atom stereocenters. The molecule has 2 nitrogen and oxygen atoms in total. The van der Waals surface area contributed by atoms with Crippen LogP contribution in [-0.4, -0.2) is 5.97 Å². The first-order valence-electron chi connectivity index (χ1n) is 4.11. The largest absolute Gasteiger partial charge is 0.550 e. The van der Waals surface area contributed by atoms with Crippen LogP contribution >= 0.6 is 0 Å². The molecular weight excluding hydrogens is 164 g/mol. The molecule has 0 aromatic heterocycles. The third kappa shape index (κ3) is 2.75. The van der Waals surface area contributed by atoms with Gasteiger partial charge in [-0.05, 0) is 12.0 Å². The van der Waals surface area contributed by atoms with Crippen LogP contribution in [0.15, 0.2) is 43.0 Å². The number of hydrogen-bond donors (Lipinski definition) is 0. The molecule has 0 heterocycles. The van der Waals surface area contributed by atoms with Crippen LogP contribution in [0.25, 0.3) is 0 Å². The zero-order chi connectivity index (χ0) is 9.68. The number of rotatable bonds is 4. The average Bonchev–Trinajstić information content (AvgIpc) is 2.15. The molecular formula is C11H11O2-. The Bertz CT molecular complexity index is 290. The van der Waals surface area contributed by atoms with Crippen LogP contribution in [0.1, 0.15) is 17.9 Å². The van der Waals surface area contributed by atoms with Crippen molar-refractivity contribution in [3.05, 3.63) is 48.6 Å². The summed E-state index contributed by atoms with van der Waals surface area (Å²) in [5.74, 6) is -1.19. The maximum absolute atomic E-state index is 10.4. The van der Waals surface area contributed by atoms with Crippen molar-refractivity contribution in [2.24, 2.45) is 0 Å². The molecule has 68 valence electrons. The summed E-state index contributed by atoms with van der Waals surface area (Å²) in [7, 11) is 0. The van der Waals surface area contributed by atoms with E-state index in [-0.39, 0.29) is 12.3 Å². The van der Waals surface area contributed by atoms with Crippen LogP contribution in [-0.2, 0) is 4.79 Å². The lowest BCUT2D eigenvalue weighted by molar-refractivity contribution is -0.305. The Labute approximate surface area is 77.5 Å². The fraction of sp³-hybridized carbons (Fsp3) is 0.182. The summed E-state index contributed by atoms with van der Waals surface area (Å²) < 4.78 is 0. The lowest BCUT2D eigenvalue weighted by atomic mass is 9.96. The number of carbonyl (C=O) groups excluding carboxylic acids is 1. The molecule has 2 heteroatoms. The molecule has 1 rings (SSSR count). The van der Waals surface area contributed by atoms with Gasteiger partial charge >= 0.3 is 0 Å². The summed E-state index contributed by atoms with van der Waals surface area (Å²) in [6.45, 7) is 3.60. The molecule has 1 atom stereocenters. The van der Waals surface area contributed by atoms with Crippen molar-refractivity contribution >= 4 is 5.97 Å². The zero-order valence-electron chi connectivity index (χ0n) is 7.27. The fourth-order valence-corrected chi connectivity index (χ4v) is 1.22. The van der Waals surface area contributed by atoms with Crippen LogP contribution in [0.4, 0.5) is 0 Å². The second kappa shape index (κ2) is 4.45. The van der Waals surface area contributed by atoms with Crippen LogP contribution in [0.2, 0.25) is 0 Å². The smallest absolute Gasteiger partial charge is 0.0423 e. The first-order valence-corrected chi connectivity index (χ1v) is 4.11. The molecule has 0 bridgehead atoms. The first-order chi connectivity index (χ1) is 6.24. The van der Waals surface area contributed by atoms with Gasteiger partial charge in [-0.25, -0.2) is 0 Å². The third-order valence-corrected chi connectivity index (χ3v) is 1.90. The van der Waals surface area contributed by atoms with E-state index in [1.807, 2.05) is 30.3 Å². The number of carboxylic acid groups (broad SMARTS) is 1. The van der Waals surface area contributed by atoms with E-state index in [1.165, 1.54) is 0 Å². The maximum Gasteiger partial charge on any atom is 0.0423 e. The summed E-state index contributed by atoms with van der Waals surface area (Å²) in [5.41, 5.74) is 0.960. The lowest BCUT2D eigenvalue weighted by Crippen LogP contribution is -2.23.